The largest absolute Gasteiger partial charge is 0.213 e. The lowest BCUT2D eigenvalue weighted by molar-refractivity contribution is 0.603. The zero-order valence-corrected chi connectivity index (χ0v) is 8.68. The average Bonchev–Trinajstić information content (AvgIpc) is 2.72. The third kappa shape index (κ3) is 1.54. The maximum Gasteiger partial charge on any atom is 0.186 e. The molecule has 0 fully saturated rings. The summed E-state index contributed by atoms with van der Waals surface area (Å²) < 4.78 is 14.9. The number of benzene rings is 1. The van der Waals surface area contributed by atoms with Crippen LogP contribution in [-0.4, -0.2) is 15.0 Å². The molecule has 4 nitrogen and oxygen atoms in total. The van der Waals surface area contributed by atoms with Gasteiger partial charge in [0.05, 0.1) is 5.69 Å². The Labute approximate surface area is 91.9 Å². The molecule has 0 aliphatic carbocycles. The van der Waals surface area contributed by atoms with Gasteiger partial charge in [-0.15, -0.1) is 5.10 Å². The van der Waals surface area contributed by atoms with Gasteiger partial charge in [-0.3, -0.25) is 0 Å². The Hall–Kier alpha value is -2.22. The molecule has 16 heavy (non-hydrogen) atoms. The molecule has 0 aliphatic heterocycles. The molecular formula is C11H9FN4. The first kappa shape index (κ1) is 10.3. The van der Waals surface area contributed by atoms with Crippen molar-refractivity contribution in [1.29, 1.82) is 5.26 Å². The van der Waals surface area contributed by atoms with Crippen molar-refractivity contribution in [3.05, 3.63) is 41.5 Å². The lowest BCUT2D eigenvalue weighted by Crippen LogP contribution is -2.04. The van der Waals surface area contributed by atoms with Crippen LogP contribution in [0.3, 0.4) is 0 Å². The molecule has 2 rings (SSSR count). The number of halogens is 1. The second-order valence-electron chi connectivity index (χ2n) is 3.21. The highest BCUT2D eigenvalue weighted by Gasteiger charge is 2.14. The van der Waals surface area contributed by atoms with Gasteiger partial charge in [-0.2, -0.15) is 5.26 Å². The summed E-state index contributed by atoms with van der Waals surface area (Å²) in [7, 11) is 0. The third-order valence-corrected chi connectivity index (χ3v) is 2.28. The van der Waals surface area contributed by atoms with Crippen LogP contribution in [0.2, 0.25) is 0 Å². The van der Waals surface area contributed by atoms with E-state index in [-0.39, 0.29) is 11.5 Å². The van der Waals surface area contributed by atoms with Crippen molar-refractivity contribution >= 4 is 0 Å². The standard InChI is InChI=1S/C11H9FN4/c1-2-10-9(7-13)14-15-16(10)11-6-4-3-5-8(11)12/h3-6H,2H2,1H3. The molecule has 0 bridgehead atoms. The molecule has 0 spiro atoms. The van der Waals surface area contributed by atoms with Crippen molar-refractivity contribution in [3.8, 4) is 11.8 Å². The van der Waals surface area contributed by atoms with Gasteiger partial charge in [0.15, 0.2) is 5.69 Å². The Morgan fingerprint density at radius 3 is 2.81 bits per heavy atom. The van der Waals surface area contributed by atoms with Gasteiger partial charge in [0.2, 0.25) is 0 Å². The highest BCUT2D eigenvalue weighted by molar-refractivity contribution is 5.37. The number of hydrogen-bond donors (Lipinski definition) is 0. The summed E-state index contributed by atoms with van der Waals surface area (Å²) in [6.45, 7) is 1.87. The fraction of sp³-hybridized carbons (Fsp3) is 0.182. The highest BCUT2D eigenvalue weighted by Crippen LogP contribution is 2.15. The Bertz CT molecular complexity index is 553. The van der Waals surface area contributed by atoms with Crippen LogP contribution in [0, 0.1) is 17.1 Å². The predicted molar refractivity (Wildman–Crippen MR) is 55.4 cm³/mol. The van der Waals surface area contributed by atoms with Crippen molar-refractivity contribution in [3.63, 3.8) is 0 Å². The van der Waals surface area contributed by atoms with Crippen LogP contribution in [0.1, 0.15) is 18.3 Å². The highest BCUT2D eigenvalue weighted by atomic mass is 19.1. The Kier molecular flexibility index (Phi) is 2.64. The number of para-hydroxylation sites is 1. The average molecular weight is 216 g/mol. The number of rotatable bonds is 2. The first-order valence-corrected chi connectivity index (χ1v) is 4.87. The fourth-order valence-corrected chi connectivity index (χ4v) is 1.52. The number of hydrogen-bond acceptors (Lipinski definition) is 3. The van der Waals surface area contributed by atoms with Crippen LogP contribution < -0.4 is 0 Å². The minimum atomic E-state index is -0.383. The van der Waals surface area contributed by atoms with Gasteiger partial charge in [-0.05, 0) is 18.6 Å². The topological polar surface area (TPSA) is 54.5 Å². The van der Waals surface area contributed by atoms with E-state index in [0.717, 1.165) is 0 Å². The Balaban J connectivity index is 2.62. The van der Waals surface area contributed by atoms with E-state index in [4.69, 9.17) is 5.26 Å². The summed E-state index contributed by atoms with van der Waals surface area (Å²) in [5, 5.41) is 16.3. The van der Waals surface area contributed by atoms with Crippen molar-refractivity contribution in [2.45, 2.75) is 13.3 Å². The molecule has 0 radical (unpaired) electrons. The van der Waals surface area contributed by atoms with E-state index in [9.17, 15) is 4.39 Å². The van der Waals surface area contributed by atoms with Gasteiger partial charge in [0.1, 0.15) is 17.6 Å². The van der Waals surface area contributed by atoms with Crippen molar-refractivity contribution in [2.75, 3.05) is 0 Å². The van der Waals surface area contributed by atoms with Crippen LogP contribution >= 0.6 is 0 Å². The molecular weight excluding hydrogens is 207 g/mol. The summed E-state index contributed by atoms with van der Waals surface area (Å²) in [4.78, 5) is 0. The van der Waals surface area contributed by atoms with E-state index in [2.05, 4.69) is 10.3 Å². The quantitative estimate of drug-likeness (QED) is 0.769. The summed E-state index contributed by atoms with van der Waals surface area (Å²) >= 11 is 0. The van der Waals surface area contributed by atoms with Gasteiger partial charge in [-0.1, -0.05) is 24.3 Å². The van der Waals surface area contributed by atoms with Crippen molar-refractivity contribution < 1.29 is 4.39 Å². The monoisotopic (exact) mass is 216 g/mol. The fourth-order valence-electron chi connectivity index (χ4n) is 1.52. The van der Waals surface area contributed by atoms with Crippen LogP contribution in [-0.2, 0) is 6.42 Å². The van der Waals surface area contributed by atoms with Crippen molar-refractivity contribution in [2.24, 2.45) is 0 Å². The Morgan fingerprint density at radius 2 is 2.19 bits per heavy atom. The van der Waals surface area contributed by atoms with Gasteiger partial charge in [0.25, 0.3) is 0 Å². The maximum atomic E-state index is 13.5. The van der Waals surface area contributed by atoms with E-state index < -0.39 is 0 Å². The first-order chi connectivity index (χ1) is 7.77. The molecule has 80 valence electrons. The molecule has 0 unspecified atom stereocenters. The predicted octanol–water partition coefficient (Wildman–Crippen LogP) is 1.84. The summed E-state index contributed by atoms with van der Waals surface area (Å²) in [6.07, 6.45) is 0.574. The van der Waals surface area contributed by atoms with E-state index in [1.807, 2.05) is 13.0 Å². The van der Waals surface area contributed by atoms with Gasteiger partial charge < -0.3 is 0 Å². The second kappa shape index (κ2) is 4.11. The normalized spacial score (nSPS) is 10.1. The number of nitriles is 1. The lowest BCUT2D eigenvalue weighted by atomic mass is 10.2. The molecule has 0 saturated heterocycles. The molecule has 1 aromatic heterocycles. The second-order valence-corrected chi connectivity index (χ2v) is 3.21. The van der Waals surface area contributed by atoms with Gasteiger partial charge in [0, 0.05) is 0 Å². The molecule has 1 aromatic carbocycles. The minimum Gasteiger partial charge on any atom is -0.213 e. The van der Waals surface area contributed by atoms with Gasteiger partial charge in [-0.25, -0.2) is 9.07 Å². The van der Waals surface area contributed by atoms with Crippen LogP contribution in [0.4, 0.5) is 4.39 Å². The summed E-state index contributed by atoms with van der Waals surface area (Å²) in [6, 6.07) is 8.21. The SMILES string of the molecule is CCc1c(C#N)nnn1-c1ccccc1F. The van der Waals surface area contributed by atoms with E-state index in [1.54, 1.807) is 18.2 Å². The zero-order chi connectivity index (χ0) is 11.5. The molecule has 0 saturated carbocycles. The van der Waals surface area contributed by atoms with E-state index in [0.29, 0.717) is 17.8 Å². The third-order valence-electron chi connectivity index (χ3n) is 2.28. The molecule has 0 atom stereocenters. The molecule has 0 N–H and O–H groups in total. The smallest absolute Gasteiger partial charge is 0.186 e. The van der Waals surface area contributed by atoms with E-state index >= 15 is 0 Å². The first-order valence-electron chi connectivity index (χ1n) is 4.87. The number of nitrogens with zero attached hydrogens (tertiary/aromatic N) is 4. The zero-order valence-electron chi connectivity index (χ0n) is 8.68. The molecule has 0 aliphatic rings. The summed E-state index contributed by atoms with van der Waals surface area (Å²) in [5.74, 6) is -0.383. The molecule has 0 amide bonds. The van der Waals surface area contributed by atoms with E-state index in [1.165, 1.54) is 10.7 Å². The van der Waals surface area contributed by atoms with Crippen LogP contribution in [0.15, 0.2) is 24.3 Å². The molecule has 1 heterocycles. The van der Waals surface area contributed by atoms with Crippen LogP contribution in [0.5, 0.6) is 0 Å². The Morgan fingerprint density at radius 1 is 1.44 bits per heavy atom. The summed E-state index contributed by atoms with van der Waals surface area (Å²) in [5.41, 5.74) is 1.17. The van der Waals surface area contributed by atoms with Crippen molar-refractivity contribution in [1.82, 2.24) is 15.0 Å². The molecule has 5 heteroatoms. The van der Waals surface area contributed by atoms with Gasteiger partial charge >= 0.3 is 0 Å². The maximum absolute atomic E-state index is 13.5. The van der Waals surface area contributed by atoms with Crippen LogP contribution in [0.25, 0.3) is 5.69 Å². The minimum absolute atomic E-state index is 0.241. The molecule has 2 aromatic rings. The number of aromatic nitrogens is 3. The lowest BCUT2D eigenvalue weighted by Gasteiger charge is -2.04.